The van der Waals surface area contributed by atoms with Crippen LogP contribution in [0.3, 0.4) is 0 Å². The van der Waals surface area contributed by atoms with Crippen molar-refractivity contribution in [2.75, 3.05) is 6.54 Å². The Hall–Kier alpha value is -2.14. The van der Waals surface area contributed by atoms with E-state index in [9.17, 15) is 9.59 Å². The van der Waals surface area contributed by atoms with E-state index in [-0.39, 0.29) is 23.9 Å². The van der Waals surface area contributed by atoms with Crippen LogP contribution in [0.5, 0.6) is 0 Å². The molecule has 1 N–H and O–H groups in total. The van der Waals surface area contributed by atoms with Gasteiger partial charge in [0.25, 0.3) is 0 Å². The van der Waals surface area contributed by atoms with Crippen molar-refractivity contribution in [3.05, 3.63) is 57.3 Å². The lowest BCUT2D eigenvalue weighted by molar-refractivity contribution is -0.133. The van der Waals surface area contributed by atoms with Gasteiger partial charge in [0.1, 0.15) is 0 Å². The van der Waals surface area contributed by atoms with Crippen LogP contribution in [0.2, 0.25) is 0 Å². The Kier molecular flexibility index (Phi) is 3.98. The molecule has 2 aromatic rings. The van der Waals surface area contributed by atoms with Crippen LogP contribution < -0.4 is 0 Å². The number of rotatable bonds is 3. The molecule has 22 heavy (non-hydrogen) atoms. The van der Waals surface area contributed by atoms with Gasteiger partial charge in [0, 0.05) is 11.4 Å². The third-order valence-electron chi connectivity index (χ3n) is 4.13. The molecule has 3 rings (SSSR count). The molecule has 0 radical (unpaired) electrons. The zero-order valence-corrected chi connectivity index (χ0v) is 13.1. The van der Waals surface area contributed by atoms with E-state index >= 15 is 0 Å². The number of carbonyl (C=O) groups excluding carboxylic acids is 1. The van der Waals surface area contributed by atoms with Gasteiger partial charge in [-0.1, -0.05) is 12.1 Å². The van der Waals surface area contributed by atoms with Crippen molar-refractivity contribution in [3.8, 4) is 0 Å². The Bertz CT molecular complexity index is 722. The van der Waals surface area contributed by atoms with Gasteiger partial charge in [-0.25, -0.2) is 4.79 Å². The second-order valence-corrected chi connectivity index (χ2v) is 6.50. The summed E-state index contributed by atoms with van der Waals surface area (Å²) in [5, 5.41) is 11.1. The zero-order chi connectivity index (χ0) is 15.7. The summed E-state index contributed by atoms with van der Waals surface area (Å²) >= 11 is 1.75. The largest absolute Gasteiger partial charge is 0.478 e. The molecule has 1 amide bonds. The average molecular weight is 315 g/mol. The van der Waals surface area contributed by atoms with Gasteiger partial charge >= 0.3 is 5.97 Å². The highest BCUT2D eigenvalue weighted by atomic mass is 32.1. The van der Waals surface area contributed by atoms with Crippen LogP contribution >= 0.6 is 11.3 Å². The number of thiophene rings is 1. The Morgan fingerprint density at radius 3 is 2.95 bits per heavy atom. The van der Waals surface area contributed by atoms with Crippen LogP contribution in [0.25, 0.3) is 0 Å². The number of aromatic carboxylic acids is 1. The van der Waals surface area contributed by atoms with E-state index in [0.717, 1.165) is 18.5 Å². The molecule has 4 nitrogen and oxygen atoms in total. The van der Waals surface area contributed by atoms with Crippen LogP contribution in [0.1, 0.15) is 39.3 Å². The molecule has 5 heteroatoms. The van der Waals surface area contributed by atoms with E-state index in [1.807, 2.05) is 4.90 Å². The van der Waals surface area contributed by atoms with Crippen molar-refractivity contribution in [1.82, 2.24) is 4.90 Å². The summed E-state index contributed by atoms with van der Waals surface area (Å²) in [7, 11) is 0. The lowest BCUT2D eigenvalue weighted by Crippen LogP contribution is -2.39. The van der Waals surface area contributed by atoms with Crippen molar-refractivity contribution in [2.45, 2.75) is 25.8 Å². The molecule has 1 unspecified atom stereocenters. The summed E-state index contributed by atoms with van der Waals surface area (Å²) in [5.41, 5.74) is 2.20. The second-order valence-electron chi connectivity index (χ2n) is 5.49. The van der Waals surface area contributed by atoms with Gasteiger partial charge in [0.15, 0.2) is 0 Å². The minimum absolute atomic E-state index is 0.0480. The standard InChI is InChI=1S/C17H17NO3S/c1-11-14-6-8-22-15(14)5-7-18(11)16(19)10-12-3-2-4-13(9-12)17(20)21/h2-4,6,8-9,11H,5,7,10H2,1H3,(H,20,21). The summed E-state index contributed by atoms with van der Waals surface area (Å²) in [5.74, 6) is -0.921. The van der Waals surface area contributed by atoms with Gasteiger partial charge in [-0.15, -0.1) is 11.3 Å². The van der Waals surface area contributed by atoms with Gasteiger partial charge < -0.3 is 10.0 Å². The number of carboxylic acid groups (broad SMARTS) is 1. The molecule has 0 fully saturated rings. The van der Waals surface area contributed by atoms with Gasteiger partial charge in [-0.2, -0.15) is 0 Å². The zero-order valence-electron chi connectivity index (χ0n) is 12.3. The Morgan fingerprint density at radius 2 is 2.18 bits per heavy atom. The monoisotopic (exact) mass is 315 g/mol. The Labute approximate surface area is 133 Å². The molecular formula is C17H17NO3S. The van der Waals surface area contributed by atoms with E-state index < -0.39 is 5.97 Å². The fourth-order valence-electron chi connectivity index (χ4n) is 2.94. The molecule has 0 saturated heterocycles. The minimum atomic E-state index is -0.969. The predicted octanol–water partition coefficient (Wildman–Crippen LogP) is 3.13. The topological polar surface area (TPSA) is 57.6 Å². The third-order valence-corrected chi connectivity index (χ3v) is 5.12. The quantitative estimate of drug-likeness (QED) is 0.946. The molecule has 1 atom stereocenters. The molecule has 1 aliphatic heterocycles. The first-order valence-corrected chi connectivity index (χ1v) is 8.12. The SMILES string of the molecule is CC1c2ccsc2CCN1C(=O)Cc1cccc(C(=O)O)c1. The normalized spacial score (nSPS) is 17.1. The van der Waals surface area contributed by atoms with Crippen LogP contribution in [-0.4, -0.2) is 28.4 Å². The second kappa shape index (κ2) is 5.93. The van der Waals surface area contributed by atoms with Crippen molar-refractivity contribution in [1.29, 1.82) is 0 Å². The van der Waals surface area contributed by atoms with E-state index in [1.165, 1.54) is 16.5 Å². The highest BCUT2D eigenvalue weighted by Crippen LogP contribution is 2.33. The minimum Gasteiger partial charge on any atom is -0.478 e. The maximum Gasteiger partial charge on any atom is 0.335 e. The predicted molar refractivity (Wildman–Crippen MR) is 85.3 cm³/mol. The van der Waals surface area contributed by atoms with Gasteiger partial charge in [0.05, 0.1) is 18.0 Å². The molecule has 0 spiro atoms. The van der Waals surface area contributed by atoms with Crippen LogP contribution in [-0.2, 0) is 17.6 Å². The first-order chi connectivity index (χ1) is 10.6. The number of nitrogens with zero attached hydrogens (tertiary/aromatic N) is 1. The molecule has 1 aliphatic rings. The van der Waals surface area contributed by atoms with Gasteiger partial charge in [-0.05, 0) is 48.1 Å². The maximum absolute atomic E-state index is 12.6. The van der Waals surface area contributed by atoms with E-state index in [0.29, 0.717) is 0 Å². The fraction of sp³-hybridized carbons (Fsp3) is 0.294. The molecule has 2 heterocycles. The summed E-state index contributed by atoms with van der Waals surface area (Å²) in [4.78, 5) is 26.8. The number of carboxylic acids is 1. The smallest absolute Gasteiger partial charge is 0.335 e. The van der Waals surface area contributed by atoms with Crippen LogP contribution in [0.4, 0.5) is 0 Å². The van der Waals surface area contributed by atoms with Crippen molar-refractivity contribution in [2.24, 2.45) is 0 Å². The van der Waals surface area contributed by atoms with Crippen molar-refractivity contribution < 1.29 is 14.7 Å². The first kappa shape index (κ1) is 14.8. The number of amides is 1. The molecule has 1 aromatic heterocycles. The van der Waals surface area contributed by atoms with E-state index in [4.69, 9.17) is 5.11 Å². The average Bonchev–Trinajstić information content (AvgIpc) is 2.97. The van der Waals surface area contributed by atoms with Crippen molar-refractivity contribution in [3.63, 3.8) is 0 Å². The third kappa shape index (κ3) is 2.76. The number of carbonyl (C=O) groups is 2. The van der Waals surface area contributed by atoms with Gasteiger partial charge in [0.2, 0.25) is 5.91 Å². The summed E-state index contributed by atoms with van der Waals surface area (Å²) in [6.45, 7) is 2.78. The highest BCUT2D eigenvalue weighted by Gasteiger charge is 2.28. The summed E-state index contributed by atoms with van der Waals surface area (Å²) in [6, 6.07) is 8.78. The molecule has 0 bridgehead atoms. The number of benzene rings is 1. The molecule has 0 saturated carbocycles. The first-order valence-electron chi connectivity index (χ1n) is 7.24. The number of fused-ring (bicyclic) bond motifs is 1. The highest BCUT2D eigenvalue weighted by molar-refractivity contribution is 7.10. The lowest BCUT2D eigenvalue weighted by atomic mass is 10.00. The lowest BCUT2D eigenvalue weighted by Gasteiger charge is -2.33. The molecule has 114 valence electrons. The number of hydrogen-bond acceptors (Lipinski definition) is 3. The molecule has 1 aromatic carbocycles. The molecule has 0 aliphatic carbocycles. The maximum atomic E-state index is 12.6. The fourth-order valence-corrected chi connectivity index (χ4v) is 3.90. The summed E-state index contributed by atoms with van der Waals surface area (Å²) < 4.78 is 0. The Morgan fingerprint density at radius 1 is 1.36 bits per heavy atom. The summed E-state index contributed by atoms with van der Waals surface area (Å²) in [6.07, 6.45) is 1.14. The van der Waals surface area contributed by atoms with Crippen LogP contribution in [0, 0.1) is 0 Å². The number of hydrogen-bond donors (Lipinski definition) is 1. The Balaban J connectivity index is 1.75. The van der Waals surface area contributed by atoms with Crippen LogP contribution in [0.15, 0.2) is 35.7 Å². The van der Waals surface area contributed by atoms with Crippen molar-refractivity contribution >= 4 is 23.2 Å². The van der Waals surface area contributed by atoms with E-state index in [1.54, 1.807) is 29.5 Å². The van der Waals surface area contributed by atoms with E-state index in [2.05, 4.69) is 18.4 Å². The molecular weight excluding hydrogens is 298 g/mol. The van der Waals surface area contributed by atoms with Gasteiger partial charge in [-0.3, -0.25) is 4.79 Å².